The number of carbonyl (C=O) groups is 2. The summed E-state index contributed by atoms with van der Waals surface area (Å²) in [5.41, 5.74) is 2.91. The number of halogens is 3. The number of benzene rings is 3. The van der Waals surface area contributed by atoms with Crippen molar-refractivity contribution in [3.05, 3.63) is 89.5 Å². The van der Waals surface area contributed by atoms with E-state index >= 15 is 0 Å². The lowest BCUT2D eigenvalue weighted by Gasteiger charge is -2.36. The summed E-state index contributed by atoms with van der Waals surface area (Å²) in [4.78, 5) is 29.2. The highest BCUT2D eigenvalue weighted by molar-refractivity contribution is 5.99. The van der Waals surface area contributed by atoms with Crippen molar-refractivity contribution in [2.75, 3.05) is 41.7 Å². The van der Waals surface area contributed by atoms with Crippen LogP contribution < -0.4 is 15.5 Å². The number of rotatable bonds is 4. The van der Waals surface area contributed by atoms with Crippen LogP contribution in [0.25, 0.3) is 0 Å². The minimum Gasteiger partial charge on any atom is -0.368 e. The molecule has 0 radical (unpaired) electrons. The molecule has 0 bridgehead atoms. The molecule has 1 saturated heterocycles. The van der Waals surface area contributed by atoms with E-state index in [9.17, 15) is 22.8 Å². The third kappa shape index (κ3) is 6.65. The number of anilines is 3. The van der Waals surface area contributed by atoms with Gasteiger partial charge in [0.2, 0.25) is 0 Å². The lowest BCUT2D eigenvalue weighted by atomic mass is 9.86. The molecule has 0 aliphatic carbocycles. The molecule has 0 aromatic heterocycles. The number of urea groups is 1. The molecule has 3 aromatic carbocycles. The molecule has 0 saturated carbocycles. The Balaban J connectivity index is 1.27. The molecule has 1 aliphatic rings. The van der Waals surface area contributed by atoms with Crippen LogP contribution in [0.15, 0.2) is 72.8 Å². The van der Waals surface area contributed by atoms with Gasteiger partial charge in [0, 0.05) is 48.8 Å². The van der Waals surface area contributed by atoms with E-state index in [1.807, 2.05) is 41.3 Å². The maximum atomic E-state index is 13.0. The topological polar surface area (TPSA) is 64.7 Å². The first-order chi connectivity index (χ1) is 17.9. The average molecular weight is 525 g/mol. The Kier molecular flexibility index (Phi) is 7.66. The zero-order valence-electron chi connectivity index (χ0n) is 21.6. The van der Waals surface area contributed by atoms with Crippen molar-refractivity contribution in [3.63, 3.8) is 0 Å². The van der Waals surface area contributed by atoms with Crippen molar-refractivity contribution in [2.24, 2.45) is 0 Å². The molecule has 0 spiro atoms. The Labute approximate surface area is 220 Å². The molecule has 200 valence electrons. The minimum atomic E-state index is -4.43. The first-order valence-corrected chi connectivity index (χ1v) is 12.4. The predicted molar refractivity (Wildman–Crippen MR) is 144 cm³/mol. The summed E-state index contributed by atoms with van der Waals surface area (Å²) >= 11 is 0. The second-order valence-electron chi connectivity index (χ2n) is 10.3. The van der Waals surface area contributed by atoms with Gasteiger partial charge in [0.25, 0.3) is 5.91 Å². The van der Waals surface area contributed by atoms with E-state index in [-0.39, 0.29) is 17.0 Å². The summed E-state index contributed by atoms with van der Waals surface area (Å²) in [5.74, 6) is 0.0312. The third-order valence-corrected chi connectivity index (χ3v) is 6.53. The van der Waals surface area contributed by atoms with Gasteiger partial charge < -0.3 is 20.4 Å². The first-order valence-electron chi connectivity index (χ1n) is 12.4. The van der Waals surface area contributed by atoms with Gasteiger partial charge in [-0.05, 0) is 71.6 Å². The first kappa shape index (κ1) is 27.0. The van der Waals surface area contributed by atoms with Gasteiger partial charge in [-0.1, -0.05) is 32.9 Å². The van der Waals surface area contributed by atoms with Crippen LogP contribution in [0, 0.1) is 0 Å². The number of nitrogens with zero attached hydrogens (tertiary/aromatic N) is 2. The highest BCUT2D eigenvalue weighted by atomic mass is 19.4. The zero-order chi connectivity index (χ0) is 27.5. The van der Waals surface area contributed by atoms with Crippen molar-refractivity contribution < 1.29 is 22.8 Å². The van der Waals surface area contributed by atoms with Gasteiger partial charge in [-0.25, -0.2) is 4.79 Å². The molecule has 1 heterocycles. The number of carbonyl (C=O) groups excluding carboxylic acids is 2. The average Bonchev–Trinajstić information content (AvgIpc) is 2.88. The summed E-state index contributed by atoms with van der Waals surface area (Å²) < 4.78 is 38.1. The molecule has 3 aromatic rings. The molecular formula is C29H31F3N4O2. The van der Waals surface area contributed by atoms with Gasteiger partial charge in [0.1, 0.15) is 0 Å². The highest BCUT2D eigenvalue weighted by Gasteiger charge is 2.30. The third-order valence-electron chi connectivity index (χ3n) is 6.53. The molecule has 1 fully saturated rings. The van der Waals surface area contributed by atoms with Crippen molar-refractivity contribution in [2.45, 2.75) is 32.4 Å². The zero-order valence-corrected chi connectivity index (χ0v) is 21.6. The Morgan fingerprint density at radius 2 is 1.16 bits per heavy atom. The van der Waals surface area contributed by atoms with Gasteiger partial charge in [-0.2, -0.15) is 13.2 Å². The Bertz CT molecular complexity index is 1260. The van der Waals surface area contributed by atoms with Crippen LogP contribution in [-0.4, -0.2) is 43.0 Å². The van der Waals surface area contributed by atoms with Crippen molar-refractivity contribution in [3.8, 4) is 0 Å². The van der Waals surface area contributed by atoms with E-state index < -0.39 is 17.8 Å². The van der Waals surface area contributed by atoms with Gasteiger partial charge in [0.15, 0.2) is 0 Å². The monoisotopic (exact) mass is 524 g/mol. The number of hydrogen-bond acceptors (Lipinski definition) is 3. The normalized spacial score (nSPS) is 14.3. The van der Waals surface area contributed by atoms with Crippen molar-refractivity contribution in [1.82, 2.24) is 4.90 Å². The van der Waals surface area contributed by atoms with E-state index in [0.29, 0.717) is 37.4 Å². The summed E-state index contributed by atoms with van der Waals surface area (Å²) in [5, 5.41) is 5.20. The molecule has 0 unspecified atom stereocenters. The van der Waals surface area contributed by atoms with Crippen molar-refractivity contribution >= 4 is 29.0 Å². The number of amides is 3. The van der Waals surface area contributed by atoms with E-state index in [4.69, 9.17) is 0 Å². The van der Waals surface area contributed by atoms with Crippen LogP contribution in [0.2, 0.25) is 0 Å². The fourth-order valence-electron chi connectivity index (χ4n) is 4.25. The summed E-state index contributed by atoms with van der Waals surface area (Å²) in [7, 11) is 0. The van der Waals surface area contributed by atoms with E-state index in [1.165, 1.54) is 17.7 Å². The number of hydrogen-bond donors (Lipinski definition) is 2. The van der Waals surface area contributed by atoms with E-state index in [1.54, 1.807) is 12.1 Å². The van der Waals surface area contributed by atoms with Gasteiger partial charge in [0.05, 0.1) is 5.56 Å². The maximum Gasteiger partial charge on any atom is 0.416 e. The lowest BCUT2D eigenvalue weighted by Crippen LogP contribution is -2.48. The van der Waals surface area contributed by atoms with Crippen LogP contribution in [0.1, 0.15) is 42.3 Å². The van der Waals surface area contributed by atoms with Crippen LogP contribution >= 0.6 is 0 Å². The molecule has 3 amide bonds. The fourth-order valence-corrected chi connectivity index (χ4v) is 4.25. The largest absolute Gasteiger partial charge is 0.416 e. The number of piperazine rings is 1. The molecule has 4 rings (SSSR count). The molecule has 0 atom stereocenters. The summed E-state index contributed by atoms with van der Waals surface area (Å²) in [6, 6.07) is 18.8. The quantitative estimate of drug-likeness (QED) is 0.404. The van der Waals surface area contributed by atoms with Crippen molar-refractivity contribution in [1.29, 1.82) is 0 Å². The molecule has 2 N–H and O–H groups in total. The minimum absolute atomic E-state index is 0.0312. The molecule has 6 nitrogen and oxygen atoms in total. The number of alkyl halides is 3. The van der Waals surface area contributed by atoms with Gasteiger partial charge >= 0.3 is 12.2 Å². The Hall–Kier alpha value is -4.01. The van der Waals surface area contributed by atoms with Gasteiger partial charge in [-0.15, -0.1) is 0 Å². The molecule has 9 heteroatoms. The summed E-state index contributed by atoms with van der Waals surface area (Å²) in [6.45, 7) is 9.02. The molecule has 38 heavy (non-hydrogen) atoms. The summed E-state index contributed by atoms with van der Waals surface area (Å²) in [6.07, 6.45) is -4.43. The van der Waals surface area contributed by atoms with Crippen LogP contribution in [0.4, 0.5) is 35.0 Å². The predicted octanol–water partition coefficient (Wildman–Crippen LogP) is 6.61. The molecule has 1 aliphatic heterocycles. The fraction of sp³-hybridized carbons (Fsp3) is 0.310. The molecular weight excluding hydrogens is 493 g/mol. The second-order valence-corrected chi connectivity index (χ2v) is 10.3. The Morgan fingerprint density at radius 3 is 1.63 bits per heavy atom. The number of nitrogens with one attached hydrogen (secondary N) is 2. The SMILES string of the molecule is CC(C)(C)c1ccc(C(=O)N2CCN(c3ccc(NC(=O)Nc4ccc(C(F)(F)F)cc4)cc3)CC2)cc1. The second kappa shape index (κ2) is 10.8. The van der Waals surface area contributed by atoms with Crippen LogP contribution in [0.3, 0.4) is 0 Å². The van der Waals surface area contributed by atoms with Crippen LogP contribution in [-0.2, 0) is 11.6 Å². The van der Waals surface area contributed by atoms with Gasteiger partial charge in [-0.3, -0.25) is 4.79 Å². The van der Waals surface area contributed by atoms with E-state index in [2.05, 4.69) is 36.3 Å². The van der Waals surface area contributed by atoms with E-state index in [0.717, 1.165) is 17.8 Å². The maximum absolute atomic E-state index is 13.0. The standard InChI is InChI=1S/C29H31F3N4O2/c1-28(2,3)21-6-4-20(5-7-21)26(37)36-18-16-35(17-19-36)25-14-12-24(13-15-25)34-27(38)33-23-10-8-22(9-11-23)29(30,31)32/h4-15H,16-19H2,1-3H3,(H2,33,34,38). The van der Waals surface area contributed by atoms with Crippen LogP contribution in [0.5, 0.6) is 0 Å². The lowest BCUT2D eigenvalue weighted by molar-refractivity contribution is -0.137. The highest BCUT2D eigenvalue weighted by Crippen LogP contribution is 2.30. The Morgan fingerprint density at radius 1 is 0.684 bits per heavy atom. The smallest absolute Gasteiger partial charge is 0.368 e.